The van der Waals surface area contributed by atoms with Crippen LogP contribution in [-0.4, -0.2) is 63.0 Å². The maximum Gasteiger partial charge on any atom is 0.231 e. The van der Waals surface area contributed by atoms with Crippen LogP contribution in [0.3, 0.4) is 0 Å². The van der Waals surface area contributed by atoms with E-state index < -0.39 is 0 Å². The predicted molar refractivity (Wildman–Crippen MR) is 83.2 cm³/mol. The Hall–Kier alpha value is -1.30. The fourth-order valence-electron chi connectivity index (χ4n) is 3.92. The van der Waals surface area contributed by atoms with Gasteiger partial charge in [0.15, 0.2) is 11.5 Å². The third kappa shape index (κ3) is 2.81. The molecule has 3 aliphatic rings. The summed E-state index contributed by atoms with van der Waals surface area (Å²) in [6.45, 7) is 7.46. The van der Waals surface area contributed by atoms with Crippen LogP contribution in [-0.2, 0) is 11.3 Å². The largest absolute Gasteiger partial charge is 0.454 e. The molecular formula is C17H24N2O3. The molecular weight excluding hydrogens is 280 g/mol. The quantitative estimate of drug-likeness (QED) is 0.828. The fraction of sp³-hybridized carbons (Fsp3) is 0.647. The molecule has 1 aromatic carbocycles. The first-order chi connectivity index (χ1) is 10.7. The van der Waals surface area contributed by atoms with Crippen LogP contribution in [0.5, 0.6) is 11.5 Å². The summed E-state index contributed by atoms with van der Waals surface area (Å²) in [7, 11) is 2.21. The van der Waals surface area contributed by atoms with Gasteiger partial charge in [-0.15, -0.1) is 0 Å². The minimum atomic E-state index is 0.307. The molecule has 3 heterocycles. The van der Waals surface area contributed by atoms with Crippen molar-refractivity contribution in [1.82, 2.24) is 9.80 Å². The molecule has 0 amide bonds. The lowest BCUT2D eigenvalue weighted by atomic mass is 9.87. The van der Waals surface area contributed by atoms with Crippen molar-refractivity contribution in [2.75, 3.05) is 53.2 Å². The minimum absolute atomic E-state index is 0.307. The molecule has 0 bridgehead atoms. The Kier molecular flexibility index (Phi) is 3.72. The topological polar surface area (TPSA) is 34.2 Å². The molecule has 5 heteroatoms. The fourth-order valence-corrected chi connectivity index (χ4v) is 3.92. The summed E-state index contributed by atoms with van der Waals surface area (Å²) < 4.78 is 16.8. The Morgan fingerprint density at radius 2 is 2.05 bits per heavy atom. The lowest BCUT2D eigenvalue weighted by Gasteiger charge is -2.31. The zero-order chi connectivity index (χ0) is 15.0. The van der Waals surface area contributed by atoms with E-state index in [0.29, 0.717) is 12.2 Å². The Bertz CT molecular complexity index is 551. The lowest BCUT2D eigenvalue weighted by molar-refractivity contribution is 0.0730. The Morgan fingerprint density at radius 1 is 1.14 bits per heavy atom. The van der Waals surface area contributed by atoms with E-state index in [9.17, 15) is 0 Å². The summed E-state index contributed by atoms with van der Waals surface area (Å²) >= 11 is 0. The van der Waals surface area contributed by atoms with Gasteiger partial charge in [0.25, 0.3) is 0 Å². The average molecular weight is 304 g/mol. The smallest absolute Gasteiger partial charge is 0.231 e. The highest BCUT2D eigenvalue weighted by Gasteiger charge is 2.39. The van der Waals surface area contributed by atoms with Crippen LogP contribution in [0.15, 0.2) is 18.2 Å². The second-order valence-electron chi connectivity index (χ2n) is 6.94. The molecule has 3 aliphatic heterocycles. The van der Waals surface area contributed by atoms with E-state index in [1.807, 2.05) is 6.07 Å². The SMILES string of the molecule is CN1CC[C@@]2(COCCN(Cc3ccc4c(c3)OCO4)C2)C1. The Morgan fingerprint density at radius 3 is 2.91 bits per heavy atom. The van der Waals surface area contributed by atoms with Gasteiger partial charge in [-0.2, -0.15) is 0 Å². The Labute approximate surface area is 131 Å². The summed E-state index contributed by atoms with van der Waals surface area (Å²) in [5.74, 6) is 1.73. The van der Waals surface area contributed by atoms with E-state index in [-0.39, 0.29) is 0 Å². The van der Waals surface area contributed by atoms with E-state index in [0.717, 1.165) is 50.9 Å². The van der Waals surface area contributed by atoms with Crippen molar-refractivity contribution in [2.45, 2.75) is 13.0 Å². The van der Waals surface area contributed by atoms with Crippen molar-refractivity contribution in [2.24, 2.45) is 5.41 Å². The molecule has 0 aliphatic carbocycles. The third-order valence-electron chi connectivity index (χ3n) is 4.99. The number of rotatable bonds is 2. The molecule has 2 saturated heterocycles. The first kappa shape index (κ1) is 14.3. The van der Waals surface area contributed by atoms with E-state index in [1.54, 1.807) is 0 Å². The van der Waals surface area contributed by atoms with Crippen molar-refractivity contribution in [3.05, 3.63) is 23.8 Å². The first-order valence-corrected chi connectivity index (χ1v) is 8.10. The van der Waals surface area contributed by atoms with Gasteiger partial charge < -0.3 is 19.1 Å². The Balaban J connectivity index is 1.47. The monoisotopic (exact) mass is 304 g/mol. The van der Waals surface area contributed by atoms with Gasteiger partial charge in [0.2, 0.25) is 6.79 Å². The number of nitrogens with zero attached hydrogens (tertiary/aromatic N) is 2. The molecule has 1 aromatic rings. The van der Waals surface area contributed by atoms with Gasteiger partial charge >= 0.3 is 0 Å². The van der Waals surface area contributed by atoms with Crippen LogP contribution in [0.4, 0.5) is 0 Å². The zero-order valence-corrected chi connectivity index (χ0v) is 13.2. The number of hydrogen-bond acceptors (Lipinski definition) is 5. The van der Waals surface area contributed by atoms with Gasteiger partial charge in [-0.1, -0.05) is 6.07 Å². The summed E-state index contributed by atoms with van der Waals surface area (Å²) in [5, 5.41) is 0. The van der Waals surface area contributed by atoms with Crippen molar-refractivity contribution in [1.29, 1.82) is 0 Å². The maximum absolute atomic E-state index is 5.91. The summed E-state index contributed by atoms with van der Waals surface area (Å²) in [4.78, 5) is 4.96. The van der Waals surface area contributed by atoms with Crippen molar-refractivity contribution in [3.63, 3.8) is 0 Å². The maximum atomic E-state index is 5.91. The third-order valence-corrected chi connectivity index (χ3v) is 4.99. The standard InChI is InChI=1S/C17H24N2O3/c1-18-5-4-17(10-18)11-19(6-7-20-12-17)9-14-2-3-15-16(8-14)22-13-21-15/h2-3,8H,4-7,9-13H2,1H3/t17-/m1/s1. The average Bonchev–Trinajstić information content (AvgIpc) is 3.04. The van der Waals surface area contributed by atoms with Gasteiger partial charge in [-0.3, -0.25) is 4.90 Å². The molecule has 0 radical (unpaired) electrons. The number of ether oxygens (including phenoxy) is 3. The summed E-state index contributed by atoms with van der Waals surface area (Å²) in [6, 6.07) is 6.28. The highest BCUT2D eigenvalue weighted by molar-refractivity contribution is 5.44. The van der Waals surface area contributed by atoms with Gasteiger partial charge in [-0.05, 0) is 37.7 Å². The van der Waals surface area contributed by atoms with Crippen molar-refractivity contribution in [3.8, 4) is 11.5 Å². The van der Waals surface area contributed by atoms with Crippen molar-refractivity contribution < 1.29 is 14.2 Å². The molecule has 1 atom stereocenters. The molecule has 4 rings (SSSR count). The van der Waals surface area contributed by atoms with Gasteiger partial charge in [0.1, 0.15) is 0 Å². The van der Waals surface area contributed by atoms with Crippen molar-refractivity contribution >= 4 is 0 Å². The van der Waals surface area contributed by atoms with Gasteiger partial charge in [0.05, 0.1) is 13.2 Å². The second-order valence-corrected chi connectivity index (χ2v) is 6.94. The summed E-state index contributed by atoms with van der Waals surface area (Å²) in [6.07, 6.45) is 1.24. The van der Waals surface area contributed by atoms with Crippen LogP contribution >= 0.6 is 0 Å². The number of fused-ring (bicyclic) bond motifs is 1. The lowest BCUT2D eigenvalue weighted by Crippen LogP contribution is -2.40. The molecule has 0 N–H and O–H groups in total. The molecule has 0 unspecified atom stereocenters. The van der Waals surface area contributed by atoms with Crippen LogP contribution in [0.1, 0.15) is 12.0 Å². The second kappa shape index (κ2) is 5.72. The minimum Gasteiger partial charge on any atom is -0.454 e. The number of benzene rings is 1. The van der Waals surface area contributed by atoms with Gasteiger partial charge in [0, 0.05) is 31.6 Å². The molecule has 1 spiro atoms. The van der Waals surface area contributed by atoms with Crippen LogP contribution < -0.4 is 9.47 Å². The highest BCUT2D eigenvalue weighted by atomic mass is 16.7. The molecule has 0 aromatic heterocycles. The zero-order valence-electron chi connectivity index (χ0n) is 13.2. The highest BCUT2D eigenvalue weighted by Crippen LogP contribution is 2.35. The molecule has 5 nitrogen and oxygen atoms in total. The molecule has 22 heavy (non-hydrogen) atoms. The normalized spacial score (nSPS) is 29.1. The van der Waals surface area contributed by atoms with E-state index in [1.165, 1.54) is 18.5 Å². The first-order valence-electron chi connectivity index (χ1n) is 8.10. The predicted octanol–water partition coefficient (Wildman–Crippen LogP) is 1.57. The van der Waals surface area contributed by atoms with Crippen LogP contribution in [0.2, 0.25) is 0 Å². The van der Waals surface area contributed by atoms with E-state index in [2.05, 4.69) is 29.0 Å². The van der Waals surface area contributed by atoms with E-state index >= 15 is 0 Å². The summed E-state index contributed by atoms with van der Waals surface area (Å²) in [5.41, 5.74) is 1.59. The van der Waals surface area contributed by atoms with E-state index in [4.69, 9.17) is 14.2 Å². The number of likely N-dealkylation sites (tertiary alicyclic amines) is 1. The molecule has 120 valence electrons. The number of hydrogen-bond donors (Lipinski definition) is 0. The van der Waals surface area contributed by atoms with Crippen LogP contribution in [0.25, 0.3) is 0 Å². The molecule has 2 fully saturated rings. The van der Waals surface area contributed by atoms with Gasteiger partial charge in [-0.25, -0.2) is 0 Å². The molecule has 0 saturated carbocycles. The van der Waals surface area contributed by atoms with Crippen LogP contribution in [0, 0.1) is 5.41 Å².